The Morgan fingerprint density at radius 3 is 2.68 bits per heavy atom. The van der Waals surface area contributed by atoms with E-state index in [1.165, 1.54) is 10.6 Å². The first-order valence-electron chi connectivity index (χ1n) is 6.05. The van der Waals surface area contributed by atoms with E-state index in [1.54, 1.807) is 13.1 Å². The van der Waals surface area contributed by atoms with Crippen LogP contribution in [-0.4, -0.2) is 20.8 Å². The number of anilines is 1. The Morgan fingerprint density at radius 2 is 2.11 bits per heavy atom. The zero-order valence-electron chi connectivity index (χ0n) is 10.3. The van der Waals surface area contributed by atoms with E-state index in [1.807, 2.05) is 0 Å². The van der Waals surface area contributed by atoms with E-state index in [0.717, 1.165) is 0 Å². The zero-order valence-corrected chi connectivity index (χ0v) is 10.3. The largest absolute Gasteiger partial charge is 0.397 e. The van der Waals surface area contributed by atoms with Crippen molar-refractivity contribution in [2.24, 2.45) is 5.92 Å². The molecule has 0 amide bonds. The molecule has 7 heteroatoms. The maximum Gasteiger partial charge on any atom is 0.397 e. The Labute approximate surface area is 107 Å². The van der Waals surface area contributed by atoms with E-state index < -0.39 is 12.1 Å². The van der Waals surface area contributed by atoms with Crippen LogP contribution in [0.25, 0.3) is 5.65 Å². The highest BCUT2D eigenvalue weighted by atomic mass is 19.4. The van der Waals surface area contributed by atoms with E-state index in [4.69, 9.17) is 5.73 Å². The monoisotopic (exact) mass is 270 g/mol. The summed E-state index contributed by atoms with van der Waals surface area (Å²) < 4.78 is 40.8. The van der Waals surface area contributed by atoms with Crippen LogP contribution < -0.4 is 5.73 Å². The van der Waals surface area contributed by atoms with Crippen molar-refractivity contribution in [3.05, 3.63) is 23.5 Å². The van der Waals surface area contributed by atoms with Crippen molar-refractivity contribution in [2.45, 2.75) is 31.9 Å². The van der Waals surface area contributed by atoms with Gasteiger partial charge in [0.05, 0.1) is 11.9 Å². The second-order valence-corrected chi connectivity index (χ2v) is 5.03. The molecule has 1 aliphatic carbocycles. The Morgan fingerprint density at radius 1 is 1.42 bits per heavy atom. The maximum absolute atomic E-state index is 13.2. The molecule has 0 saturated heterocycles. The Balaban J connectivity index is 2.15. The maximum atomic E-state index is 13.2. The van der Waals surface area contributed by atoms with Crippen LogP contribution in [0.3, 0.4) is 0 Å². The number of nitrogen functional groups attached to an aromatic ring is 1. The highest BCUT2D eigenvalue weighted by molar-refractivity contribution is 5.52. The molecule has 1 saturated carbocycles. The summed E-state index contributed by atoms with van der Waals surface area (Å²) in [5.41, 5.74) is 6.88. The number of rotatable bonds is 2. The van der Waals surface area contributed by atoms with Gasteiger partial charge in [0.25, 0.3) is 0 Å². The van der Waals surface area contributed by atoms with Gasteiger partial charge >= 0.3 is 6.18 Å². The van der Waals surface area contributed by atoms with Crippen LogP contribution in [0.4, 0.5) is 19.0 Å². The first-order valence-corrected chi connectivity index (χ1v) is 6.05. The van der Waals surface area contributed by atoms with Crippen LogP contribution in [0.2, 0.25) is 0 Å². The normalized spacial score (nSPS) is 17.9. The third kappa shape index (κ3) is 2.02. The molecule has 2 aromatic heterocycles. The van der Waals surface area contributed by atoms with Gasteiger partial charge in [-0.2, -0.15) is 22.8 Å². The van der Waals surface area contributed by atoms with E-state index in [9.17, 15) is 13.2 Å². The summed E-state index contributed by atoms with van der Waals surface area (Å²) >= 11 is 0. The fourth-order valence-corrected chi connectivity index (χ4v) is 2.38. The van der Waals surface area contributed by atoms with Gasteiger partial charge in [-0.1, -0.05) is 0 Å². The van der Waals surface area contributed by atoms with E-state index in [2.05, 4.69) is 10.1 Å². The zero-order chi connectivity index (χ0) is 13.8. The van der Waals surface area contributed by atoms with Crippen molar-refractivity contribution in [1.82, 2.24) is 14.6 Å². The van der Waals surface area contributed by atoms with Gasteiger partial charge in [-0.05, 0) is 25.7 Å². The van der Waals surface area contributed by atoms with Crippen molar-refractivity contribution in [2.75, 3.05) is 5.73 Å². The number of aryl methyl sites for hydroxylation is 1. The molecule has 4 nitrogen and oxygen atoms in total. The lowest BCUT2D eigenvalue weighted by Crippen LogP contribution is -2.24. The van der Waals surface area contributed by atoms with Crippen LogP contribution in [-0.2, 0) is 0 Å². The summed E-state index contributed by atoms with van der Waals surface area (Å²) in [5.74, 6) is -1.70. The van der Waals surface area contributed by atoms with Gasteiger partial charge in [0.15, 0.2) is 5.65 Å². The summed E-state index contributed by atoms with van der Waals surface area (Å²) in [7, 11) is 0. The second-order valence-electron chi connectivity index (χ2n) is 5.03. The molecule has 102 valence electrons. The first-order chi connectivity index (χ1) is 8.88. The number of hydrogen-bond donors (Lipinski definition) is 1. The predicted molar refractivity (Wildman–Crippen MR) is 63.7 cm³/mol. The fourth-order valence-electron chi connectivity index (χ4n) is 2.38. The van der Waals surface area contributed by atoms with Crippen molar-refractivity contribution < 1.29 is 13.2 Å². The van der Waals surface area contributed by atoms with Crippen LogP contribution in [0.1, 0.15) is 30.0 Å². The lowest BCUT2D eigenvalue weighted by atomic mass is 9.98. The summed E-state index contributed by atoms with van der Waals surface area (Å²) in [6.45, 7) is 1.75. The number of nitrogens with two attached hydrogens (primary N) is 1. The smallest absolute Gasteiger partial charge is 0.384 e. The lowest BCUT2D eigenvalue weighted by Gasteiger charge is -2.19. The molecule has 1 unspecified atom stereocenters. The number of hydrogen-bond acceptors (Lipinski definition) is 3. The summed E-state index contributed by atoms with van der Waals surface area (Å²) in [5, 5.41) is 3.99. The van der Waals surface area contributed by atoms with Crippen LogP contribution in [0, 0.1) is 12.8 Å². The molecule has 2 heterocycles. The second kappa shape index (κ2) is 3.85. The Hall–Kier alpha value is -1.79. The van der Waals surface area contributed by atoms with E-state index in [0.29, 0.717) is 24.1 Å². The van der Waals surface area contributed by atoms with Gasteiger partial charge in [-0.15, -0.1) is 0 Å². The molecule has 1 aliphatic rings. The number of alkyl halides is 3. The minimum atomic E-state index is -4.28. The summed E-state index contributed by atoms with van der Waals surface area (Å²) in [6, 6.07) is 1.29. The molecular weight excluding hydrogens is 257 g/mol. The molecule has 0 aliphatic heterocycles. The molecule has 2 aromatic rings. The third-order valence-electron chi connectivity index (χ3n) is 3.46. The third-order valence-corrected chi connectivity index (χ3v) is 3.46. The number of halogens is 3. The van der Waals surface area contributed by atoms with Gasteiger partial charge in [-0.3, -0.25) is 0 Å². The van der Waals surface area contributed by atoms with Crippen molar-refractivity contribution >= 4 is 11.5 Å². The van der Waals surface area contributed by atoms with E-state index >= 15 is 0 Å². The average molecular weight is 270 g/mol. The molecule has 0 radical (unpaired) electrons. The van der Waals surface area contributed by atoms with Crippen molar-refractivity contribution in [3.8, 4) is 0 Å². The average Bonchev–Trinajstić information content (AvgIpc) is 3.02. The fraction of sp³-hybridized carbons (Fsp3) is 0.500. The molecule has 1 fully saturated rings. The molecule has 0 bridgehead atoms. The Bertz CT molecular complexity index is 628. The van der Waals surface area contributed by atoms with Gasteiger partial charge < -0.3 is 5.73 Å². The first kappa shape index (κ1) is 12.3. The molecular formula is C12H13F3N4. The quantitative estimate of drug-likeness (QED) is 0.912. The molecule has 19 heavy (non-hydrogen) atoms. The van der Waals surface area contributed by atoms with Gasteiger partial charge in [-0.25, -0.2) is 4.98 Å². The number of fused-ring (bicyclic) bond motifs is 1. The SMILES string of the molecule is Cc1cnn2c(N)cc(C(C3CC3)C(F)(F)F)nc12. The van der Waals surface area contributed by atoms with Gasteiger partial charge in [0, 0.05) is 11.6 Å². The van der Waals surface area contributed by atoms with Gasteiger partial charge in [0.2, 0.25) is 0 Å². The van der Waals surface area contributed by atoms with Gasteiger partial charge in [0.1, 0.15) is 11.7 Å². The van der Waals surface area contributed by atoms with E-state index in [-0.39, 0.29) is 17.4 Å². The predicted octanol–water partition coefficient (Wildman–Crippen LogP) is 2.68. The molecule has 0 spiro atoms. The minimum Gasteiger partial charge on any atom is -0.384 e. The molecule has 0 aromatic carbocycles. The van der Waals surface area contributed by atoms with Crippen molar-refractivity contribution in [3.63, 3.8) is 0 Å². The molecule has 1 atom stereocenters. The minimum absolute atomic E-state index is 0.00333. The van der Waals surface area contributed by atoms with Crippen LogP contribution in [0.15, 0.2) is 12.3 Å². The van der Waals surface area contributed by atoms with Crippen molar-refractivity contribution in [1.29, 1.82) is 0 Å². The standard InChI is InChI=1S/C12H13F3N4/c1-6-5-17-19-9(16)4-8(18-11(6)19)10(7-2-3-7)12(13,14)15/h4-5,7,10H,2-3,16H2,1H3. The lowest BCUT2D eigenvalue weighted by molar-refractivity contribution is -0.155. The highest BCUT2D eigenvalue weighted by Gasteiger charge is 2.50. The summed E-state index contributed by atoms with van der Waals surface area (Å²) in [4.78, 5) is 4.12. The topological polar surface area (TPSA) is 56.2 Å². The molecule has 3 rings (SSSR count). The number of aromatic nitrogens is 3. The summed E-state index contributed by atoms with van der Waals surface area (Å²) in [6.07, 6.45) is -1.56. The molecule has 2 N–H and O–H groups in total. The highest BCUT2D eigenvalue weighted by Crippen LogP contribution is 2.50. The van der Waals surface area contributed by atoms with Crippen LogP contribution >= 0.6 is 0 Å². The number of nitrogens with zero attached hydrogens (tertiary/aromatic N) is 3. The Kier molecular flexibility index (Phi) is 2.48. The van der Waals surface area contributed by atoms with Crippen LogP contribution in [0.5, 0.6) is 0 Å².